The fraction of sp³-hybridized carbons (Fsp3) is 0.588. The molecule has 0 aromatic heterocycles. The summed E-state index contributed by atoms with van der Waals surface area (Å²) in [6, 6.07) is 9.84. The standard InChI is InChI=1S/C17H25NO2/c1-17(18,12-14-8-4-2-5-9-14)16(19)20-13-15-10-6-3-7-11-15/h2,4-5,8-9,15H,3,6-7,10-13,18H2,1H3/t17-/m0/s1. The lowest BCUT2D eigenvalue weighted by molar-refractivity contribution is -0.151. The molecule has 0 heterocycles. The molecule has 0 bridgehead atoms. The highest BCUT2D eigenvalue weighted by Crippen LogP contribution is 2.24. The Kier molecular flexibility index (Phi) is 5.18. The maximum atomic E-state index is 12.2. The van der Waals surface area contributed by atoms with E-state index in [9.17, 15) is 4.79 Å². The predicted octanol–water partition coefficient (Wildman–Crippen LogP) is 3.07. The van der Waals surface area contributed by atoms with Gasteiger partial charge >= 0.3 is 5.97 Å². The lowest BCUT2D eigenvalue weighted by Gasteiger charge is -2.26. The summed E-state index contributed by atoms with van der Waals surface area (Å²) >= 11 is 0. The number of carbonyl (C=O) groups is 1. The van der Waals surface area contributed by atoms with Gasteiger partial charge in [-0.05, 0) is 31.2 Å². The van der Waals surface area contributed by atoms with Crippen LogP contribution >= 0.6 is 0 Å². The second kappa shape index (κ2) is 6.89. The molecule has 1 aromatic carbocycles. The second-order valence-corrected chi connectivity index (χ2v) is 6.18. The molecule has 110 valence electrons. The van der Waals surface area contributed by atoms with Gasteiger partial charge in [-0.2, -0.15) is 0 Å². The van der Waals surface area contributed by atoms with Crippen molar-refractivity contribution in [2.45, 2.75) is 51.0 Å². The normalized spacial score (nSPS) is 19.3. The Labute approximate surface area is 121 Å². The maximum absolute atomic E-state index is 12.2. The molecule has 3 nitrogen and oxygen atoms in total. The molecule has 3 heteroatoms. The third-order valence-electron chi connectivity index (χ3n) is 4.06. The van der Waals surface area contributed by atoms with E-state index in [1.165, 1.54) is 32.1 Å². The minimum Gasteiger partial charge on any atom is -0.464 e. The highest BCUT2D eigenvalue weighted by atomic mass is 16.5. The SMILES string of the molecule is C[C@](N)(Cc1ccccc1)C(=O)OCC1CCCCC1. The Balaban J connectivity index is 1.83. The molecule has 1 fully saturated rings. The zero-order chi connectivity index (χ0) is 14.4. The van der Waals surface area contributed by atoms with Crippen molar-refractivity contribution in [1.82, 2.24) is 0 Å². The molecule has 1 aliphatic rings. The van der Waals surface area contributed by atoms with Gasteiger partial charge in [-0.25, -0.2) is 0 Å². The van der Waals surface area contributed by atoms with Crippen LogP contribution in [0.15, 0.2) is 30.3 Å². The van der Waals surface area contributed by atoms with E-state index in [-0.39, 0.29) is 5.97 Å². The topological polar surface area (TPSA) is 52.3 Å². The quantitative estimate of drug-likeness (QED) is 0.840. The van der Waals surface area contributed by atoms with Gasteiger partial charge in [0.25, 0.3) is 0 Å². The molecule has 0 spiro atoms. The van der Waals surface area contributed by atoms with Crippen LogP contribution in [0, 0.1) is 5.92 Å². The molecule has 1 atom stereocenters. The average molecular weight is 275 g/mol. The number of carbonyl (C=O) groups excluding carboxylic acids is 1. The van der Waals surface area contributed by atoms with E-state index in [0.717, 1.165) is 5.56 Å². The summed E-state index contributed by atoms with van der Waals surface area (Å²) < 4.78 is 5.45. The number of esters is 1. The van der Waals surface area contributed by atoms with E-state index in [1.807, 2.05) is 30.3 Å². The Morgan fingerprint density at radius 1 is 1.25 bits per heavy atom. The van der Waals surface area contributed by atoms with Crippen LogP contribution in [0.1, 0.15) is 44.6 Å². The van der Waals surface area contributed by atoms with Gasteiger partial charge in [0.05, 0.1) is 6.61 Å². The van der Waals surface area contributed by atoms with E-state index < -0.39 is 5.54 Å². The van der Waals surface area contributed by atoms with Crippen LogP contribution < -0.4 is 5.73 Å². The molecule has 2 rings (SSSR count). The summed E-state index contributed by atoms with van der Waals surface area (Å²) in [4.78, 5) is 12.2. The summed E-state index contributed by atoms with van der Waals surface area (Å²) in [5, 5.41) is 0. The molecule has 0 unspecified atom stereocenters. The first-order valence-electron chi connectivity index (χ1n) is 7.58. The molecule has 1 aromatic rings. The summed E-state index contributed by atoms with van der Waals surface area (Å²) in [5.74, 6) is 0.243. The van der Waals surface area contributed by atoms with Crippen molar-refractivity contribution in [3.8, 4) is 0 Å². The maximum Gasteiger partial charge on any atom is 0.326 e. The van der Waals surface area contributed by atoms with Crippen molar-refractivity contribution in [3.05, 3.63) is 35.9 Å². The molecular formula is C17H25NO2. The second-order valence-electron chi connectivity index (χ2n) is 6.18. The molecular weight excluding hydrogens is 250 g/mol. The fourth-order valence-electron chi connectivity index (χ4n) is 2.80. The van der Waals surface area contributed by atoms with Crippen molar-refractivity contribution in [3.63, 3.8) is 0 Å². The molecule has 20 heavy (non-hydrogen) atoms. The van der Waals surface area contributed by atoms with E-state index in [4.69, 9.17) is 10.5 Å². The van der Waals surface area contributed by atoms with Crippen molar-refractivity contribution < 1.29 is 9.53 Å². The molecule has 0 aliphatic heterocycles. The highest BCUT2D eigenvalue weighted by Gasteiger charge is 2.31. The molecule has 1 aliphatic carbocycles. The van der Waals surface area contributed by atoms with Crippen LogP contribution in [0.2, 0.25) is 0 Å². The molecule has 0 amide bonds. The van der Waals surface area contributed by atoms with Gasteiger partial charge in [-0.15, -0.1) is 0 Å². The van der Waals surface area contributed by atoms with Gasteiger partial charge in [0.1, 0.15) is 5.54 Å². The predicted molar refractivity (Wildman–Crippen MR) is 80.3 cm³/mol. The lowest BCUT2D eigenvalue weighted by atomic mass is 9.90. The zero-order valence-corrected chi connectivity index (χ0v) is 12.3. The number of rotatable bonds is 5. The summed E-state index contributed by atoms with van der Waals surface area (Å²) in [6.07, 6.45) is 6.68. The van der Waals surface area contributed by atoms with Gasteiger partial charge < -0.3 is 10.5 Å². The minimum absolute atomic E-state index is 0.285. The van der Waals surface area contributed by atoms with Gasteiger partial charge in [0.15, 0.2) is 0 Å². The Morgan fingerprint density at radius 3 is 2.55 bits per heavy atom. The lowest BCUT2D eigenvalue weighted by Crippen LogP contribution is -2.48. The largest absolute Gasteiger partial charge is 0.464 e. The number of hydrogen-bond donors (Lipinski definition) is 1. The van der Waals surface area contributed by atoms with Gasteiger partial charge in [0.2, 0.25) is 0 Å². The average Bonchev–Trinajstić information content (AvgIpc) is 2.46. The molecule has 1 saturated carbocycles. The number of nitrogens with two attached hydrogens (primary N) is 1. The smallest absolute Gasteiger partial charge is 0.326 e. The van der Waals surface area contributed by atoms with Crippen molar-refractivity contribution in [1.29, 1.82) is 0 Å². The van der Waals surface area contributed by atoms with Crippen LogP contribution in [0.25, 0.3) is 0 Å². The van der Waals surface area contributed by atoms with Gasteiger partial charge in [0, 0.05) is 6.42 Å². The van der Waals surface area contributed by atoms with Crippen LogP contribution in [-0.4, -0.2) is 18.1 Å². The fourth-order valence-corrected chi connectivity index (χ4v) is 2.80. The van der Waals surface area contributed by atoms with E-state index in [2.05, 4.69) is 0 Å². The summed E-state index contributed by atoms with van der Waals surface area (Å²) in [5.41, 5.74) is 6.25. The van der Waals surface area contributed by atoms with E-state index >= 15 is 0 Å². The van der Waals surface area contributed by atoms with Crippen LogP contribution in [0.5, 0.6) is 0 Å². The molecule has 0 radical (unpaired) electrons. The zero-order valence-electron chi connectivity index (χ0n) is 12.3. The van der Waals surface area contributed by atoms with Gasteiger partial charge in [-0.3, -0.25) is 4.79 Å². The number of hydrogen-bond acceptors (Lipinski definition) is 3. The number of benzene rings is 1. The highest BCUT2D eigenvalue weighted by molar-refractivity contribution is 5.80. The van der Waals surface area contributed by atoms with Gasteiger partial charge in [-0.1, -0.05) is 49.6 Å². The Hall–Kier alpha value is -1.35. The van der Waals surface area contributed by atoms with E-state index in [1.54, 1.807) is 6.92 Å². The van der Waals surface area contributed by atoms with Crippen LogP contribution in [0.3, 0.4) is 0 Å². The third kappa shape index (κ3) is 4.34. The van der Waals surface area contributed by atoms with Crippen molar-refractivity contribution in [2.75, 3.05) is 6.61 Å². The first-order chi connectivity index (χ1) is 9.58. The van der Waals surface area contributed by atoms with Crippen LogP contribution in [-0.2, 0) is 16.0 Å². The first-order valence-corrected chi connectivity index (χ1v) is 7.58. The third-order valence-corrected chi connectivity index (χ3v) is 4.06. The monoisotopic (exact) mass is 275 g/mol. The Bertz CT molecular complexity index is 422. The molecule has 0 saturated heterocycles. The molecule has 2 N–H and O–H groups in total. The summed E-state index contributed by atoms with van der Waals surface area (Å²) in [7, 11) is 0. The summed E-state index contributed by atoms with van der Waals surface area (Å²) in [6.45, 7) is 2.28. The number of ether oxygens (including phenoxy) is 1. The first kappa shape index (κ1) is 15.0. The van der Waals surface area contributed by atoms with Crippen LogP contribution in [0.4, 0.5) is 0 Å². The van der Waals surface area contributed by atoms with Crippen molar-refractivity contribution >= 4 is 5.97 Å². The van der Waals surface area contributed by atoms with Crippen molar-refractivity contribution in [2.24, 2.45) is 11.7 Å². The van der Waals surface area contributed by atoms with E-state index in [0.29, 0.717) is 18.9 Å². The minimum atomic E-state index is -0.948. The Morgan fingerprint density at radius 2 is 1.90 bits per heavy atom.